The molecule has 2 aliphatic rings. The van der Waals surface area contributed by atoms with Gasteiger partial charge in [0.1, 0.15) is 0 Å². The van der Waals surface area contributed by atoms with Crippen molar-refractivity contribution in [1.82, 2.24) is 4.90 Å². The SMILES string of the molecule is CC(C)(C)C1CC2(CCCOC2)CCN1C(C)(C)C. The van der Waals surface area contributed by atoms with Crippen LogP contribution in [0.2, 0.25) is 0 Å². The summed E-state index contributed by atoms with van der Waals surface area (Å²) in [5.74, 6) is 0. The molecule has 0 amide bonds. The fraction of sp³-hybridized carbons (Fsp3) is 1.00. The lowest BCUT2D eigenvalue weighted by molar-refractivity contribution is -0.102. The number of hydrogen-bond acceptors (Lipinski definition) is 2. The van der Waals surface area contributed by atoms with Crippen molar-refractivity contribution in [3.63, 3.8) is 0 Å². The molecule has 0 aromatic heterocycles. The van der Waals surface area contributed by atoms with Gasteiger partial charge >= 0.3 is 0 Å². The van der Waals surface area contributed by atoms with Crippen LogP contribution in [-0.2, 0) is 4.74 Å². The van der Waals surface area contributed by atoms with Gasteiger partial charge in [-0.1, -0.05) is 20.8 Å². The molecule has 2 nitrogen and oxygen atoms in total. The Balaban J connectivity index is 2.20. The average Bonchev–Trinajstić information content (AvgIpc) is 2.27. The second kappa shape index (κ2) is 5.04. The van der Waals surface area contributed by atoms with Crippen LogP contribution in [0.3, 0.4) is 0 Å². The van der Waals surface area contributed by atoms with Crippen molar-refractivity contribution < 1.29 is 4.74 Å². The summed E-state index contributed by atoms with van der Waals surface area (Å²) >= 11 is 0. The second-order valence-electron chi connectivity index (χ2n) is 8.86. The minimum atomic E-state index is 0.273. The zero-order valence-electron chi connectivity index (χ0n) is 13.9. The highest BCUT2D eigenvalue weighted by Crippen LogP contribution is 2.47. The van der Waals surface area contributed by atoms with Crippen molar-refractivity contribution in [3.8, 4) is 0 Å². The van der Waals surface area contributed by atoms with E-state index in [1.54, 1.807) is 0 Å². The minimum Gasteiger partial charge on any atom is -0.381 e. The molecule has 2 atom stereocenters. The summed E-state index contributed by atoms with van der Waals surface area (Å²) in [5, 5.41) is 0. The van der Waals surface area contributed by atoms with Gasteiger partial charge in [-0.05, 0) is 63.8 Å². The summed E-state index contributed by atoms with van der Waals surface area (Å²) in [6.45, 7) is 17.5. The number of piperidine rings is 1. The molecule has 0 N–H and O–H groups in total. The molecular formula is C17H33NO. The van der Waals surface area contributed by atoms with Crippen LogP contribution in [0.4, 0.5) is 0 Å². The van der Waals surface area contributed by atoms with Crippen LogP contribution in [0.1, 0.15) is 67.2 Å². The molecule has 0 aromatic rings. The van der Waals surface area contributed by atoms with Crippen molar-refractivity contribution in [2.75, 3.05) is 19.8 Å². The van der Waals surface area contributed by atoms with Crippen LogP contribution in [0.5, 0.6) is 0 Å². The quantitative estimate of drug-likeness (QED) is 0.655. The Morgan fingerprint density at radius 2 is 1.74 bits per heavy atom. The van der Waals surface area contributed by atoms with Crippen molar-refractivity contribution in [2.24, 2.45) is 10.8 Å². The van der Waals surface area contributed by atoms with Gasteiger partial charge in [-0.2, -0.15) is 0 Å². The van der Waals surface area contributed by atoms with Crippen LogP contribution in [-0.4, -0.2) is 36.2 Å². The molecule has 2 heteroatoms. The monoisotopic (exact) mass is 267 g/mol. The Kier molecular flexibility index (Phi) is 4.06. The van der Waals surface area contributed by atoms with Crippen LogP contribution in [0, 0.1) is 10.8 Å². The smallest absolute Gasteiger partial charge is 0.0523 e. The standard InChI is InChI=1S/C17H33NO/c1-15(2,3)14-12-17(8-7-11-19-13-17)9-10-18(14)16(4,5)6/h14H,7-13H2,1-6H3. The van der Waals surface area contributed by atoms with E-state index in [4.69, 9.17) is 4.74 Å². The molecule has 2 rings (SSSR count). The van der Waals surface area contributed by atoms with Crippen LogP contribution >= 0.6 is 0 Å². The number of nitrogens with zero attached hydrogens (tertiary/aromatic N) is 1. The molecule has 0 aliphatic carbocycles. The molecule has 2 heterocycles. The summed E-state index contributed by atoms with van der Waals surface area (Å²) in [4.78, 5) is 2.74. The van der Waals surface area contributed by atoms with Crippen molar-refractivity contribution >= 4 is 0 Å². The zero-order valence-corrected chi connectivity index (χ0v) is 13.9. The van der Waals surface area contributed by atoms with E-state index in [-0.39, 0.29) is 5.54 Å². The fourth-order valence-corrected chi connectivity index (χ4v) is 3.98. The maximum Gasteiger partial charge on any atom is 0.0523 e. The highest BCUT2D eigenvalue weighted by atomic mass is 16.5. The second-order valence-corrected chi connectivity index (χ2v) is 8.86. The van der Waals surface area contributed by atoms with E-state index in [1.165, 1.54) is 32.2 Å². The summed E-state index contributed by atoms with van der Waals surface area (Å²) in [6, 6.07) is 0.669. The van der Waals surface area contributed by atoms with Gasteiger partial charge in [0.2, 0.25) is 0 Å². The number of likely N-dealkylation sites (tertiary alicyclic amines) is 1. The first kappa shape index (κ1) is 15.3. The Morgan fingerprint density at radius 3 is 2.21 bits per heavy atom. The Labute approximate surface area is 119 Å². The third-order valence-corrected chi connectivity index (χ3v) is 5.15. The van der Waals surface area contributed by atoms with Crippen LogP contribution in [0.15, 0.2) is 0 Å². The van der Waals surface area contributed by atoms with E-state index in [0.29, 0.717) is 16.9 Å². The van der Waals surface area contributed by atoms with Gasteiger partial charge < -0.3 is 4.74 Å². The van der Waals surface area contributed by atoms with E-state index < -0.39 is 0 Å². The van der Waals surface area contributed by atoms with Gasteiger partial charge in [0.15, 0.2) is 0 Å². The molecule has 1 spiro atoms. The Bertz CT molecular complexity index is 304. The van der Waals surface area contributed by atoms with E-state index in [2.05, 4.69) is 46.4 Å². The van der Waals surface area contributed by atoms with Gasteiger partial charge in [0.25, 0.3) is 0 Å². The number of hydrogen-bond donors (Lipinski definition) is 0. The van der Waals surface area contributed by atoms with E-state index >= 15 is 0 Å². The molecule has 0 bridgehead atoms. The lowest BCUT2D eigenvalue weighted by Gasteiger charge is -2.56. The maximum atomic E-state index is 5.83. The normalized spacial score (nSPS) is 34.7. The van der Waals surface area contributed by atoms with Crippen molar-refractivity contribution in [2.45, 2.75) is 78.8 Å². The highest BCUT2D eigenvalue weighted by molar-refractivity contribution is 5.00. The van der Waals surface area contributed by atoms with E-state index in [0.717, 1.165) is 13.2 Å². The van der Waals surface area contributed by atoms with Gasteiger partial charge in [-0.25, -0.2) is 0 Å². The Hall–Kier alpha value is -0.0800. The molecule has 112 valence electrons. The molecule has 19 heavy (non-hydrogen) atoms. The van der Waals surface area contributed by atoms with Crippen LogP contribution < -0.4 is 0 Å². The molecule has 0 saturated carbocycles. The number of ether oxygens (including phenoxy) is 1. The summed E-state index contributed by atoms with van der Waals surface area (Å²) in [7, 11) is 0. The van der Waals surface area contributed by atoms with Crippen molar-refractivity contribution in [3.05, 3.63) is 0 Å². The molecular weight excluding hydrogens is 234 g/mol. The molecule has 2 aliphatic heterocycles. The lowest BCUT2D eigenvalue weighted by Crippen LogP contribution is -2.60. The first-order valence-corrected chi connectivity index (χ1v) is 7.99. The minimum absolute atomic E-state index is 0.273. The first-order chi connectivity index (χ1) is 8.64. The molecule has 0 radical (unpaired) electrons. The molecule has 2 fully saturated rings. The highest BCUT2D eigenvalue weighted by Gasteiger charge is 2.47. The van der Waals surface area contributed by atoms with Crippen molar-refractivity contribution in [1.29, 1.82) is 0 Å². The summed E-state index contributed by atoms with van der Waals surface area (Å²) in [6.07, 6.45) is 5.26. The average molecular weight is 267 g/mol. The van der Waals surface area contributed by atoms with Gasteiger partial charge in [-0.3, -0.25) is 4.90 Å². The number of rotatable bonds is 0. The summed E-state index contributed by atoms with van der Waals surface area (Å²) in [5.41, 5.74) is 1.09. The zero-order chi connectivity index (χ0) is 14.3. The molecule has 0 aromatic carbocycles. The lowest BCUT2D eigenvalue weighted by atomic mass is 9.66. The molecule has 2 saturated heterocycles. The topological polar surface area (TPSA) is 12.5 Å². The maximum absolute atomic E-state index is 5.83. The van der Waals surface area contributed by atoms with Gasteiger partial charge in [0.05, 0.1) is 6.61 Å². The first-order valence-electron chi connectivity index (χ1n) is 7.99. The van der Waals surface area contributed by atoms with E-state index in [9.17, 15) is 0 Å². The fourth-order valence-electron chi connectivity index (χ4n) is 3.98. The third-order valence-electron chi connectivity index (χ3n) is 5.15. The van der Waals surface area contributed by atoms with Gasteiger partial charge in [0, 0.05) is 18.2 Å². The largest absolute Gasteiger partial charge is 0.381 e. The predicted molar refractivity (Wildman–Crippen MR) is 81.4 cm³/mol. The predicted octanol–water partition coefficient (Wildman–Crippen LogP) is 4.09. The third kappa shape index (κ3) is 3.33. The van der Waals surface area contributed by atoms with E-state index in [1.807, 2.05) is 0 Å². The van der Waals surface area contributed by atoms with Crippen LogP contribution in [0.25, 0.3) is 0 Å². The Morgan fingerprint density at radius 1 is 1.05 bits per heavy atom. The molecule has 2 unspecified atom stereocenters. The summed E-state index contributed by atoms with van der Waals surface area (Å²) < 4.78 is 5.83. The van der Waals surface area contributed by atoms with Gasteiger partial charge in [-0.15, -0.1) is 0 Å².